The van der Waals surface area contributed by atoms with Gasteiger partial charge in [0.15, 0.2) is 17.3 Å². The topological polar surface area (TPSA) is 99.0 Å². The fourth-order valence-corrected chi connectivity index (χ4v) is 3.00. The Morgan fingerprint density at radius 2 is 1.55 bits per heavy atom. The number of ketones is 1. The van der Waals surface area contributed by atoms with Gasteiger partial charge in [-0.1, -0.05) is 11.6 Å². The predicted octanol–water partition coefficient (Wildman–Crippen LogP) is 4.60. The van der Waals surface area contributed by atoms with Crippen LogP contribution in [-0.4, -0.2) is 46.2 Å². The summed E-state index contributed by atoms with van der Waals surface area (Å²) in [6, 6.07) is 6.11. The lowest BCUT2D eigenvalue weighted by atomic mass is 10.2. The standard InChI is InChI=1S/C20H21Cl2N3O6/c1-11(26)18(24-23-12-6-16(21)19(31-5)17(7-12)30-4)20(27)25(22)13-8-14(28-2)10-15(9-13)29-3/h6-10,18H,1-5H3. The lowest BCUT2D eigenvalue weighted by Crippen LogP contribution is -2.36. The summed E-state index contributed by atoms with van der Waals surface area (Å²) < 4.78 is 21.5. The second-order valence-electron chi connectivity index (χ2n) is 6.08. The van der Waals surface area contributed by atoms with E-state index in [-0.39, 0.29) is 16.4 Å². The Morgan fingerprint density at radius 1 is 0.935 bits per heavy atom. The van der Waals surface area contributed by atoms with Gasteiger partial charge in [0.2, 0.25) is 6.04 Å². The van der Waals surface area contributed by atoms with E-state index in [1.165, 1.54) is 59.6 Å². The smallest absolute Gasteiger partial charge is 0.276 e. The zero-order valence-corrected chi connectivity index (χ0v) is 19.0. The highest BCUT2D eigenvalue weighted by Gasteiger charge is 2.29. The zero-order valence-electron chi connectivity index (χ0n) is 17.5. The fourth-order valence-electron chi connectivity index (χ4n) is 2.53. The number of amides is 1. The van der Waals surface area contributed by atoms with E-state index in [1.807, 2.05) is 0 Å². The number of azo groups is 1. The highest BCUT2D eigenvalue weighted by Crippen LogP contribution is 2.39. The van der Waals surface area contributed by atoms with Gasteiger partial charge in [-0.25, -0.2) is 4.42 Å². The van der Waals surface area contributed by atoms with E-state index in [9.17, 15) is 9.59 Å². The third kappa shape index (κ3) is 5.77. The molecule has 2 aromatic carbocycles. The fraction of sp³-hybridized carbons (Fsp3) is 0.300. The molecule has 0 aliphatic rings. The number of hydrogen-bond donors (Lipinski definition) is 0. The zero-order chi connectivity index (χ0) is 23.1. The maximum atomic E-state index is 12.9. The average Bonchev–Trinajstić information content (AvgIpc) is 2.77. The Morgan fingerprint density at radius 3 is 2.03 bits per heavy atom. The van der Waals surface area contributed by atoms with E-state index in [1.54, 1.807) is 6.07 Å². The first-order valence-corrected chi connectivity index (χ1v) is 9.52. The molecule has 1 unspecified atom stereocenters. The number of benzene rings is 2. The third-order valence-corrected chi connectivity index (χ3v) is 4.72. The summed E-state index contributed by atoms with van der Waals surface area (Å²) in [6.45, 7) is 1.21. The predicted molar refractivity (Wildman–Crippen MR) is 116 cm³/mol. The molecule has 0 bridgehead atoms. The lowest BCUT2D eigenvalue weighted by Gasteiger charge is -2.18. The summed E-state index contributed by atoms with van der Waals surface area (Å²) >= 11 is 12.4. The maximum absolute atomic E-state index is 12.9. The van der Waals surface area contributed by atoms with Gasteiger partial charge in [0.05, 0.1) is 44.8 Å². The van der Waals surface area contributed by atoms with Crippen molar-refractivity contribution in [2.75, 3.05) is 32.9 Å². The van der Waals surface area contributed by atoms with Gasteiger partial charge in [-0.05, 0) is 13.0 Å². The van der Waals surface area contributed by atoms with Crippen molar-refractivity contribution < 1.29 is 28.5 Å². The molecule has 0 aliphatic heterocycles. The summed E-state index contributed by atoms with van der Waals surface area (Å²) in [5, 5.41) is 8.07. The first-order valence-electron chi connectivity index (χ1n) is 8.81. The van der Waals surface area contributed by atoms with Crippen LogP contribution >= 0.6 is 23.4 Å². The molecular weight excluding hydrogens is 449 g/mol. The van der Waals surface area contributed by atoms with E-state index >= 15 is 0 Å². The van der Waals surface area contributed by atoms with Crippen LogP contribution in [0, 0.1) is 0 Å². The van der Waals surface area contributed by atoms with Crippen LogP contribution in [0.5, 0.6) is 23.0 Å². The summed E-state index contributed by atoms with van der Waals surface area (Å²) in [6.07, 6.45) is 0. The Bertz CT molecular complexity index is 977. The van der Waals surface area contributed by atoms with E-state index in [4.69, 9.17) is 42.3 Å². The molecular formula is C20H21Cl2N3O6. The molecule has 0 saturated carbocycles. The molecule has 0 aromatic heterocycles. The van der Waals surface area contributed by atoms with Crippen LogP contribution in [-0.2, 0) is 9.59 Å². The molecule has 0 aliphatic carbocycles. The number of rotatable bonds is 9. The molecule has 0 N–H and O–H groups in total. The van der Waals surface area contributed by atoms with Gasteiger partial charge in [0.25, 0.3) is 5.91 Å². The van der Waals surface area contributed by atoms with Gasteiger partial charge < -0.3 is 18.9 Å². The largest absolute Gasteiger partial charge is 0.497 e. The van der Waals surface area contributed by atoms with Crippen LogP contribution in [0.3, 0.4) is 0 Å². The molecule has 0 heterocycles. The van der Waals surface area contributed by atoms with Crippen molar-refractivity contribution >= 4 is 46.4 Å². The number of anilines is 1. The molecule has 1 atom stereocenters. The monoisotopic (exact) mass is 469 g/mol. The first-order chi connectivity index (χ1) is 14.7. The van der Waals surface area contributed by atoms with Crippen molar-refractivity contribution in [1.29, 1.82) is 0 Å². The number of nitrogens with zero attached hydrogens (tertiary/aromatic N) is 3. The Balaban J connectivity index is 2.35. The van der Waals surface area contributed by atoms with Gasteiger partial charge in [0, 0.05) is 36.0 Å². The van der Waals surface area contributed by atoms with Gasteiger partial charge >= 0.3 is 0 Å². The van der Waals surface area contributed by atoms with Crippen molar-refractivity contribution in [2.45, 2.75) is 13.0 Å². The van der Waals surface area contributed by atoms with Gasteiger partial charge in [-0.3, -0.25) is 9.59 Å². The van der Waals surface area contributed by atoms with E-state index in [2.05, 4.69) is 10.2 Å². The maximum Gasteiger partial charge on any atom is 0.276 e. The minimum absolute atomic E-state index is 0.226. The van der Waals surface area contributed by atoms with Gasteiger partial charge in [-0.2, -0.15) is 10.2 Å². The second-order valence-corrected chi connectivity index (χ2v) is 6.83. The second kappa shape index (κ2) is 10.8. The highest BCUT2D eigenvalue weighted by atomic mass is 35.5. The molecule has 2 aromatic rings. The average molecular weight is 470 g/mol. The summed E-state index contributed by atoms with van der Waals surface area (Å²) in [5.41, 5.74) is 0.490. The van der Waals surface area contributed by atoms with Crippen molar-refractivity contribution in [2.24, 2.45) is 10.2 Å². The third-order valence-electron chi connectivity index (χ3n) is 4.08. The number of Topliss-reactive ketones (excluding diaryl/α,β-unsaturated/α-hetero) is 1. The van der Waals surface area contributed by atoms with Crippen LogP contribution in [0.2, 0.25) is 5.02 Å². The minimum Gasteiger partial charge on any atom is -0.497 e. The number of hydrogen-bond acceptors (Lipinski definition) is 8. The first kappa shape index (κ1) is 24.2. The molecule has 166 valence electrons. The molecule has 0 saturated heterocycles. The van der Waals surface area contributed by atoms with Crippen molar-refractivity contribution in [3.05, 3.63) is 35.4 Å². The SMILES string of the molecule is COc1cc(OC)cc(N(Cl)C(=O)C(N=Nc2cc(Cl)c(OC)c(OC)c2)C(C)=O)c1. The lowest BCUT2D eigenvalue weighted by molar-refractivity contribution is -0.126. The van der Waals surface area contributed by atoms with E-state index in [0.717, 1.165) is 4.42 Å². The Labute approximate surface area is 189 Å². The molecule has 0 spiro atoms. The number of carbonyl (C=O) groups is 2. The summed E-state index contributed by atoms with van der Waals surface area (Å²) in [5.74, 6) is 0.0986. The number of ether oxygens (including phenoxy) is 4. The van der Waals surface area contributed by atoms with Gasteiger partial charge in [0.1, 0.15) is 11.5 Å². The Kier molecular flexibility index (Phi) is 8.47. The minimum atomic E-state index is -1.48. The molecule has 11 heteroatoms. The molecule has 1 amide bonds. The molecule has 0 radical (unpaired) electrons. The van der Waals surface area contributed by atoms with Gasteiger partial charge in [-0.15, -0.1) is 0 Å². The number of carbonyl (C=O) groups excluding carboxylic acids is 2. The normalized spacial score (nSPS) is 11.7. The number of methoxy groups -OCH3 is 4. The van der Waals surface area contributed by atoms with Crippen molar-refractivity contribution in [3.63, 3.8) is 0 Å². The molecule has 9 nitrogen and oxygen atoms in total. The van der Waals surface area contributed by atoms with Crippen LogP contribution in [0.15, 0.2) is 40.6 Å². The molecule has 2 rings (SSSR count). The molecule has 31 heavy (non-hydrogen) atoms. The van der Waals surface area contributed by atoms with Crippen molar-refractivity contribution in [3.8, 4) is 23.0 Å². The quantitative estimate of drug-likeness (QED) is 0.302. The molecule has 0 fully saturated rings. The van der Waals surface area contributed by atoms with Crippen LogP contribution in [0.4, 0.5) is 11.4 Å². The van der Waals surface area contributed by atoms with Crippen LogP contribution < -0.4 is 23.4 Å². The van der Waals surface area contributed by atoms with E-state index < -0.39 is 17.7 Å². The summed E-state index contributed by atoms with van der Waals surface area (Å²) in [7, 11) is 5.79. The Hall–Kier alpha value is -3.04. The van der Waals surface area contributed by atoms with E-state index in [0.29, 0.717) is 23.0 Å². The number of halogens is 2. The highest BCUT2D eigenvalue weighted by molar-refractivity contribution is 6.39. The van der Waals surface area contributed by atoms with Crippen LogP contribution in [0.1, 0.15) is 6.92 Å². The summed E-state index contributed by atoms with van der Waals surface area (Å²) in [4.78, 5) is 25.0. The van der Waals surface area contributed by atoms with Crippen molar-refractivity contribution in [1.82, 2.24) is 0 Å². The van der Waals surface area contributed by atoms with Crippen LogP contribution in [0.25, 0.3) is 0 Å².